The Bertz CT molecular complexity index is 454. The van der Waals surface area contributed by atoms with Crippen LogP contribution in [0.3, 0.4) is 0 Å². The van der Waals surface area contributed by atoms with Gasteiger partial charge < -0.3 is 0 Å². The van der Waals surface area contributed by atoms with E-state index in [0.717, 1.165) is 17.7 Å². The van der Waals surface area contributed by atoms with Gasteiger partial charge in [0.1, 0.15) is 5.69 Å². The van der Waals surface area contributed by atoms with Gasteiger partial charge in [0.25, 0.3) is 0 Å². The maximum atomic E-state index is 10.5. The topological polar surface area (TPSA) is 33.8 Å². The molecule has 0 aromatic carbocycles. The Morgan fingerprint density at radius 3 is 2.80 bits per heavy atom. The van der Waals surface area contributed by atoms with Crippen LogP contribution >= 0.6 is 0 Å². The zero-order valence-electron chi connectivity index (χ0n) is 8.21. The molecule has 0 saturated carbocycles. The molecular formula is C12H11N2O+. The van der Waals surface area contributed by atoms with Gasteiger partial charge in [0.05, 0.1) is 0 Å². The molecule has 3 heteroatoms. The molecule has 74 valence electrons. The molecule has 2 aromatic rings. The monoisotopic (exact) mass is 199 g/mol. The second-order valence-electron chi connectivity index (χ2n) is 3.12. The smallest absolute Gasteiger partial charge is 0.231 e. The standard InChI is InChI=1S/C12H11N2O/c15-10-9-14-8-4-2-6-12(14)11-5-1-3-7-13-11/h1-8,10H,9H2/q+1. The van der Waals surface area contributed by atoms with Crippen molar-refractivity contribution in [2.24, 2.45) is 0 Å². The molecule has 0 N–H and O–H groups in total. The van der Waals surface area contributed by atoms with Gasteiger partial charge in [-0.3, -0.25) is 4.79 Å². The number of carbonyl (C=O) groups is 1. The summed E-state index contributed by atoms with van der Waals surface area (Å²) in [5.74, 6) is 0. The van der Waals surface area contributed by atoms with Crippen molar-refractivity contribution in [2.45, 2.75) is 6.54 Å². The Morgan fingerprint density at radius 2 is 2.07 bits per heavy atom. The van der Waals surface area contributed by atoms with Gasteiger partial charge >= 0.3 is 0 Å². The zero-order chi connectivity index (χ0) is 10.5. The Morgan fingerprint density at radius 1 is 1.20 bits per heavy atom. The summed E-state index contributed by atoms with van der Waals surface area (Å²) in [6, 6.07) is 11.5. The SMILES string of the molecule is O=CC[n+]1ccccc1-c1ccccn1. The summed E-state index contributed by atoms with van der Waals surface area (Å²) in [5.41, 5.74) is 1.82. The van der Waals surface area contributed by atoms with Crippen LogP contribution in [0.2, 0.25) is 0 Å². The van der Waals surface area contributed by atoms with Crippen molar-refractivity contribution in [1.29, 1.82) is 0 Å². The number of aldehydes is 1. The van der Waals surface area contributed by atoms with Crippen LogP contribution in [-0.4, -0.2) is 11.3 Å². The van der Waals surface area contributed by atoms with E-state index in [9.17, 15) is 4.79 Å². The number of aromatic nitrogens is 2. The molecule has 0 aliphatic rings. The first-order valence-electron chi connectivity index (χ1n) is 4.75. The van der Waals surface area contributed by atoms with Gasteiger partial charge in [0.15, 0.2) is 12.5 Å². The molecule has 0 bridgehead atoms. The summed E-state index contributed by atoms with van der Waals surface area (Å²) in [6.07, 6.45) is 4.50. The number of carbonyl (C=O) groups excluding carboxylic acids is 1. The zero-order valence-corrected chi connectivity index (χ0v) is 8.21. The Hall–Kier alpha value is -2.03. The number of hydrogen-bond donors (Lipinski definition) is 0. The first kappa shape index (κ1) is 9.52. The maximum absolute atomic E-state index is 10.5. The third kappa shape index (κ3) is 2.07. The van der Waals surface area contributed by atoms with Crippen molar-refractivity contribution in [1.82, 2.24) is 4.98 Å². The Labute approximate surface area is 88.0 Å². The first-order chi connectivity index (χ1) is 7.42. The lowest BCUT2D eigenvalue weighted by molar-refractivity contribution is -0.672. The molecule has 0 atom stereocenters. The van der Waals surface area contributed by atoms with Crippen LogP contribution in [0.1, 0.15) is 0 Å². The van der Waals surface area contributed by atoms with Crippen molar-refractivity contribution in [2.75, 3.05) is 0 Å². The van der Waals surface area contributed by atoms with E-state index in [1.165, 1.54) is 0 Å². The van der Waals surface area contributed by atoms with E-state index in [-0.39, 0.29) is 0 Å². The molecule has 15 heavy (non-hydrogen) atoms. The molecule has 2 heterocycles. The average molecular weight is 199 g/mol. The van der Waals surface area contributed by atoms with Crippen LogP contribution in [0.15, 0.2) is 48.8 Å². The minimum atomic E-state index is 0.354. The van der Waals surface area contributed by atoms with E-state index in [4.69, 9.17) is 0 Å². The fraction of sp³-hybridized carbons (Fsp3) is 0.0833. The van der Waals surface area contributed by atoms with Crippen LogP contribution in [0.4, 0.5) is 0 Å². The quantitative estimate of drug-likeness (QED) is 0.550. The minimum absolute atomic E-state index is 0.354. The van der Waals surface area contributed by atoms with Crippen LogP contribution in [0, 0.1) is 0 Å². The number of nitrogens with zero attached hydrogens (tertiary/aromatic N) is 2. The van der Waals surface area contributed by atoms with Gasteiger partial charge in [0, 0.05) is 18.3 Å². The molecule has 2 rings (SSSR count). The summed E-state index contributed by atoms with van der Waals surface area (Å²) in [4.78, 5) is 14.8. The molecule has 0 spiro atoms. The van der Waals surface area contributed by atoms with Crippen LogP contribution in [-0.2, 0) is 11.3 Å². The second-order valence-corrected chi connectivity index (χ2v) is 3.12. The largest absolute Gasteiger partial charge is 0.296 e. The van der Waals surface area contributed by atoms with E-state index in [1.807, 2.05) is 47.2 Å². The second kappa shape index (κ2) is 4.46. The number of rotatable bonds is 3. The maximum Gasteiger partial charge on any atom is 0.231 e. The number of pyridine rings is 2. The normalized spacial score (nSPS) is 9.87. The van der Waals surface area contributed by atoms with E-state index < -0.39 is 0 Å². The van der Waals surface area contributed by atoms with E-state index in [2.05, 4.69) is 4.98 Å². The molecule has 2 aromatic heterocycles. The van der Waals surface area contributed by atoms with Gasteiger partial charge in [-0.1, -0.05) is 6.07 Å². The van der Waals surface area contributed by atoms with Crippen molar-refractivity contribution >= 4 is 6.29 Å². The fourth-order valence-corrected chi connectivity index (χ4v) is 1.46. The lowest BCUT2D eigenvalue weighted by Gasteiger charge is -1.99. The molecule has 0 saturated heterocycles. The van der Waals surface area contributed by atoms with Gasteiger partial charge in [-0.15, -0.1) is 0 Å². The predicted molar refractivity (Wildman–Crippen MR) is 55.9 cm³/mol. The third-order valence-corrected chi connectivity index (χ3v) is 2.14. The van der Waals surface area contributed by atoms with Crippen molar-refractivity contribution < 1.29 is 9.36 Å². The summed E-state index contributed by atoms with van der Waals surface area (Å²) >= 11 is 0. The summed E-state index contributed by atoms with van der Waals surface area (Å²) < 4.78 is 1.87. The van der Waals surface area contributed by atoms with Crippen LogP contribution < -0.4 is 4.57 Å². The van der Waals surface area contributed by atoms with E-state index in [0.29, 0.717) is 6.54 Å². The molecule has 0 fully saturated rings. The van der Waals surface area contributed by atoms with Crippen LogP contribution in [0.25, 0.3) is 11.4 Å². The lowest BCUT2D eigenvalue weighted by atomic mass is 10.2. The van der Waals surface area contributed by atoms with Crippen molar-refractivity contribution in [3.05, 3.63) is 48.8 Å². The first-order valence-corrected chi connectivity index (χ1v) is 4.75. The van der Waals surface area contributed by atoms with Gasteiger partial charge in [-0.05, 0) is 18.2 Å². The summed E-state index contributed by atoms with van der Waals surface area (Å²) in [7, 11) is 0. The molecule has 0 aliphatic carbocycles. The lowest BCUT2D eigenvalue weighted by Crippen LogP contribution is -2.36. The Balaban J connectivity index is 2.48. The molecule has 0 aliphatic heterocycles. The molecule has 0 amide bonds. The van der Waals surface area contributed by atoms with Gasteiger partial charge in [-0.2, -0.15) is 4.57 Å². The fourth-order valence-electron chi connectivity index (χ4n) is 1.46. The highest BCUT2D eigenvalue weighted by atomic mass is 16.1. The highest BCUT2D eigenvalue weighted by Gasteiger charge is 2.11. The molecule has 3 nitrogen and oxygen atoms in total. The van der Waals surface area contributed by atoms with Gasteiger partial charge in [-0.25, -0.2) is 4.98 Å². The highest BCUT2D eigenvalue weighted by molar-refractivity contribution is 5.51. The average Bonchev–Trinajstić information content (AvgIpc) is 2.31. The molecular weight excluding hydrogens is 188 g/mol. The Kier molecular flexibility index (Phi) is 2.83. The van der Waals surface area contributed by atoms with Crippen molar-refractivity contribution in [3.8, 4) is 11.4 Å². The van der Waals surface area contributed by atoms with E-state index in [1.54, 1.807) is 6.20 Å². The van der Waals surface area contributed by atoms with Crippen LogP contribution in [0.5, 0.6) is 0 Å². The third-order valence-electron chi connectivity index (χ3n) is 2.14. The molecule has 0 unspecified atom stereocenters. The van der Waals surface area contributed by atoms with E-state index >= 15 is 0 Å². The summed E-state index contributed by atoms with van der Waals surface area (Å²) in [6.45, 7) is 0.354. The highest BCUT2D eigenvalue weighted by Crippen LogP contribution is 2.09. The minimum Gasteiger partial charge on any atom is -0.296 e. The van der Waals surface area contributed by atoms with Crippen molar-refractivity contribution in [3.63, 3.8) is 0 Å². The molecule has 0 radical (unpaired) electrons. The number of hydrogen-bond acceptors (Lipinski definition) is 2. The van der Waals surface area contributed by atoms with Gasteiger partial charge in [0.2, 0.25) is 12.2 Å². The predicted octanol–water partition coefficient (Wildman–Crippen LogP) is 1.23. The summed E-state index contributed by atoms with van der Waals surface area (Å²) in [5, 5.41) is 0.